The molecule has 2 heteroatoms. The van der Waals surface area contributed by atoms with Crippen LogP contribution in [-0.4, -0.2) is 5.97 Å². The van der Waals surface area contributed by atoms with Gasteiger partial charge in [0.1, 0.15) is 6.10 Å². The Labute approximate surface area is 114 Å². The summed E-state index contributed by atoms with van der Waals surface area (Å²) in [7, 11) is 0. The van der Waals surface area contributed by atoms with Crippen molar-refractivity contribution < 1.29 is 9.53 Å². The molecule has 0 saturated carbocycles. The van der Waals surface area contributed by atoms with Crippen LogP contribution in [0.15, 0.2) is 48.5 Å². The average Bonchev–Trinajstić information content (AvgIpc) is 2.39. The van der Waals surface area contributed by atoms with E-state index >= 15 is 0 Å². The number of aryl methyl sites for hydroxylation is 2. The summed E-state index contributed by atoms with van der Waals surface area (Å²) in [5.74, 6) is -0.270. The number of ether oxygens (including phenoxy) is 1. The first-order chi connectivity index (χ1) is 9.09. The predicted octanol–water partition coefficient (Wildman–Crippen LogP) is 4.22. The van der Waals surface area contributed by atoms with Gasteiger partial charge in [-0.25, -0.2) is 4.79 Å². The summed E-state index contributed by atoms with van der Waals surface area (Å²) in [5.41, 5.74) is 3.74. The van der Waals surface area contributed by atoms with Gasteiger partial charge >= 0.3 is 5.97 Å². The topological polar surface area (TPSA) is 26.3 Å². The lowest BCUT2D eigenvalue weighted by Gasteiger charge is -2.16. The Bertz CT molecular complexity index is 587. The minimum atomic E-state index is -0.270. The fraction of sp³-hybridized carbons (Fsp3) is 0.235. The van der Waals surface area contributed by atoms with Gasteiger partial charge in [0.25, 0.3) is 0 Å². The number of rotatable bonds is 3. The SMILES string of the molecule is Cc1ccccc1C(=O)OC(C)c1ccccc1C. The summed E-state index contributed by atoms with van der Waals surface area (Å²) in [5, 5.41) is 0. The van der Waals surface area contributed by atoms with Crippen LogP contribution in [0, 0.1) is 13.8 Å². The van der Waals surface area contributed by atoms with Crippen molar-refractivity contribution in [2.75, 3.05) is 0 Å². The third kappa shape index (κ3) is 3.02. The Kier molecular flexibility index (Phi) is 4.00. The Hall–Kier alpha value is -2.09. The highest BCUT2D eigenvalue weighted by molar-refractivity contribution is 5.91. The summed E-state index contributed by atoms with van der Waals surface area (Å²) in [4.78, 5) is 12.1. The van der Waals surface area contributed by atoms with Gasteiger partial charge < -0.3 is 4.74 Å². The molecule has 1 atom stereocenters. The molecular weight excluding hydrogens is 236 g/mol. The van der Waals surface area contributed by atoms with E-state index in [4.69, 9.17) is 4.74 Å². The number of carbonyl (C=O) groups is 1. The molecule has 0 spiro atoms. The van der Waals surface area contributed by atoms with Crippen LogP contribution < -0.4 is 0 Å². The Balaban J connectivity index is 2.16. The molecule has 19 heavy (non-hydrogen) atoms. The van der Waals surface area contributed by atoms with Crippen LogP contribution in [-0.2, 0) is 4.74 Å². The van der Waals surface area contributed by atoms with E-state index in [0.717, 1.165) is 16.7 Å². The molecule has 0 aliphatic heterocycles. The summed E-state index contributed by atoms with van der Waals surface area (Å²) < 4.78 is 5.55. The standard InChI is InChI=1S/C17H18O2/c1-12-8-4-6-10-15(12)14(3)19-17(18)16-11-7-5-9-13(16)2/h4-11,14H,1-3H3. The summed E-state index contributed by atoms with van der Waals surface area (Å²) in [6.45, 7) is 5.83. The van der Waals surface area contributed by atoms with Crippen molar-refractivity contribution in [3.63, 3.8) is 0 Å². The monoisotopic (exact) mass is 254 g/mol. The highest BCUT2D eigenvalue weighted by Crippen LogP contribution is 2.22. The van der Waals surface area contributed by atoms with Crippen LogP contribution in [0.3, 0.4) is 0 Å². The molecule has 0 fully saturated rings. The quantitative estimate of drug-likeness (QED) is 0.766. The zero-order chi connectivity index (χ0) is 13.8. The van der Waals surface area contributed by atoms with Crippen molar-refractivity contribution >= 4 is 5.97 Å². The van der Waals surface area contributed by atoms with E-state index < -0.39 is 0 Å². The van der Waals surface area contributed by atoms with Gasteiger partial charge in [-0.1, -0.05) is 42.5 Å². The Morgan fingerprint density at radius 2 is 1.53 bits per heavy atom. The van der Waals surface area contributed by atoms with Crippen molar-refractivity contribution in [3.8, 4) is 0 Å². The number of hydrogen-bond donors (Lipinski definition) is 0. The first-order valence-electron chi connectivity index (χ1n) is 6.41. The smallest absolute Gasteiger partial charge is 0.338 e. The molecule has 0 amide bonds. The van der Waals surface area contributed by atoms with Crippen molar-refractivity contribution in [1.29, 1.82) is 0 Å². The van der Waals surface area contributed by atoms with Gasteiger partial charge in [0.15, 0.2) is 0 Å². The van der Waals surface area contributed by atoms with Crippen molar-refractivity contribution in [2.24, 2.45) is 0 Å². The number of hydrogen-bond acceptors (Lipinski definition) is 2. The fourth-order valence-corrected chi connectivity index (χ4v) is 2.13. The zero-order valence-corrected chi connectivity index (χ0v) is 11.5. The van der Waals surface area contributed by atoms with E-state index in [1.165, 1.54) is 0 Å². The van der Waals surface area contributed by atoms with E-state index in [9.17, 15) is 4.79 Å². The van der Waals surface area contributed by atoms with Gasteiger partial charge in [0, 0.05) is 0 Å². The normalized spacial score (nSPS) is 11.9. The molecule has 1 unspecified atom stereocenters. The third-order valence-electron chi connectivity index (χ3n) is 3.28. The molecule has 2 aromatic carbocycles. The number of benzene rings is 2. The van der Waals surface area contributed by atoms with Crippen LogP contribution in [0.1, 0.15) is 40.1 Å². The van der Waals surface area contributed by atoms with Crippen LogP contribution in [0.25, 0.3) is 0 Å². The van der Waals surface area contributed by atoms with Gasteiger partial charge in [-0.3, -0.25) is 0 Å². The van der Waals surface area contributed by atoms with Crippen LogP contribution >= 0.6 is 0 Å². The van der Waals surface area contributed by atoms with Crippen molar-refractivity contribution in [3.05, 3.63) is 70.8 Å². The van der Waals surface area contributed by atoms with Gasteiger partial charge in [0.2, 0.25) is 0 Å². The van der Waals surface area contributed by atoms with Gasteiger partial charge in [-0.05, 0) is 43.5 Å². The second kappa shape index (κ2) is 5.70. The van der Waals surface area contributed by atoms with Crippen LogP contribution in [0.4, 0.5) is 0 Å². The largest absolute Gasteiger partial charge is 0.454 e. The number of esters is 1. The van der Waals surface area contributed by atoms with Gasteiger partial charge in [0.05, 0.1) is 5.56 Å². The molecular formula is C17H18O2. The average molecular weight is 254 g/mol. The van der Waals surface area contributed by atoms with E-state index in [0.29, 0.717) is 5.56 Å². The highest BCUT2D eigenvalue weighted by atomic mass is 16.5. The molecule has 0 bridgehead atoms. The molecule has 0 heterocycles. The van der Waals surface area contributed by atoms with Gasteiger partial charge in [-0.15, -0.1) is 0 Å². The first kappa shape index (κ1) is 13.3. The summed E-state index contributed by atoms with van der Waals surface area (Å²) >= 11 is 0. The molecule has 98 valence electrons. The molecule has 2 rings (SSSR count). The predicted molar refractivity (Wildman–Crippen MR) is 76.2 cm³/mol. The van der Waals surface area contributed by atoms with E-state index in [1.54, 1.807) is 6.07 Å². The maximum absolute atomic E-state index is 12.1. The fourth-order valence-electron chi connectivity index (χ4n) is 2.13. The Morgan fingerprint density at radius 3 is 2.16 bits per heavy atom. The maximum atomic E-state index is 12.1. The first-order valence-corrected chi connectivity index (χ1v) is 6.41. The molecule has 2 nitrogen and oxygen atoms in total. The van der Waals surface area contributed by atoms with E-state index in [-0.39, 0.29) is 12.1 Å². The Morgan fingerprint density at radius 1 is 0.947 bits per heavy atom. The lowest BCUT2D eigenvalue weighted by Crippen LogP contribution is -2.11. The molecule has 2 aromatic rings. The van der Waals surface area contributed by atoms with Crippen molar-refractivity contribution in [2.45, 2.75) is 26.9 Å². The lowest BCUT2D eigenvalue weighted by molar-refractivity contribution is 0.0336. The van der Waals surface area contributed by atoms with E-state index in [2.05, 4.69) is 0 Å². The minimum Gasteiger partial charge on any atom is -0.454 e. The molecule has 0 radical (unpaired) electrons. The zero-order valence-electron chi connectivity index (χ0n) is 11.5. The molecule has 0 aliphatic carbocycles. The maximum Gasteiger partial charge on any atom is 0.338 e. The van der Waals surface area contributed by atoms with Crippen LogP contribution in [0.2, 0.25) is 0 Å². The van der Waals surface area contributed by atoms with Gasteiger partial charge in [-0.2, -0.15) is 0 Å². The highest BCUT2D eigenvalue weighted by Gasteiger charge is 2.16. The second-order valence-corrected chi connectivity index (χ2v) is 4.72. The summed E-state index contributed by atoms with van der Waals surface area (Å²) in [6.07, 6.45) is -0.242. The molecule has 0 aromatic heterocycles. The minimum absolute atomic E-state index is 0.242. The molecule has 0 saturated heterocycles. The second-order valence-electron chi connectivity index (χ2n) is 4.72. The van der Waals surface area contributed by atoms with Crippen molar-refractivity contribution in [1.82, 2.24) is 0 Å². The van der Waals surface area contributed by atoms with E-state index in [1.807, 2.05) is 63.2 Å². The third-order valence-corrected chi connectivity index (χ3v) is 3.28. The molecule has 0 N–H and O–H groups in total. The van der Waals surface area contributed by atoms with Crippen LogP contribution in [0.5, 0.6) is 0 Å². The molecule has 0 aliphatic rings. The summed E-state index contributed by atoms with van der Waals surface area (Å²) in [6, 6.07) is 15.4. The number of carbonyl (C=O) groups excluding carboxylic acids is 1. The lowest BCUT2D eigenvalue weighted by atomic mass is 10.0.